The lowest BCUT2D eigenvalue weighted by molar-refractivity contribution is 0.0735. The first kappa shape index (κ1) is 29.1. The molecule has 0 aromatic heterocycles. The average molecular weight is 550 g/mol. The first-order chi connectivity index (χ1) is 20.2. The molecule has 0 radical (unpaired) electrons. The molecule has 4 heteroatoms. The molecule has 216 valence electrons. The van der Waals surface area contributed by atoms with Crippen molar-refractivity contribution in [3.63, 3.8) is 0 Å². The lowest BCUT2D eigenvalue weighted by atomic mass is 9.88. The highest BCUT2D eigenvalue weighted by atomic mass is 16.2. The van der Waals surface area contributed by atoms with Gasteiger partial charge in [0.2, 0.25) is 0 Å². The third-order valence-electron chi connectivity index (χ3n) is 9.02. The Morgan fingerprint density at radius 1 is 0.854 bits per heavy atom. The maximum atomic E-state index is 13.7. The molecule has 41 heavy (non-hydrogen) atoms. The zero-order valence-corrected chi connectivity index (χ0v) is 24.8. The summed E-state index contributed by atoms with van der Waals surface area (Å²) in [5.74, 6) is 1.22. The summed E-state index contributed by atoms with van der Waals surface area (Å²) in [4.78, 5) is 20.8. The number of carbonyl (C=O) groups is 1. The van der Waals surface area contributed by atoms with Gasteiger partial charge in [-0.2, -0.15) is 0 Å². The number of anilines is 1. The first-order valence-corrected chi connectivity index (χ1v) is 15.8. The van der Waals surface area contributed by atoms with Gasteiger partial charge in [-0.25, -0.2) is 0 Å². The maximum absolute atomic E-state index is 13.7. The van der Waals surface area contributed by atoms with Gasteiger partial charge in [-0.05, 0) is 68.0 Å². The molecule has 0 atom stereocenters. The third-order valence-corrected chi connectivity index (χ3v) is 9.02. The van der Waals surface area contributed by atoms with Crippen LogP contribution in [0.5, 0.6) is 0 Å². The molecule has 3 aromatic rings. The van der Waals surface area contributed by atoms with E-state index in [-0.39, 0.29) is 5.91 Å². The Kier molecular flexibility index (Phi) is 10.7. The van der Waals surface area contributed by atoms with E-state index < -0.39 is 0 Å². The number of hydrogen-bond acceptors (Lipinski definition) is 3. The van der Waals surface area contributed by atoms with Crippen LogP contribution in [0.25, 0.3) is 0 Å². The van der Waals surface area contributed by atoms with Crippen LogP contribution < -0.4 is 4.90 Å². The molecule has 0 bridgehead atoms. The number of amides is 1. The molecule has 0 spiro atoms. The minimum absolute atomic E-state index is 0.169. The van der Waals surface area contributed by atoms with Crippen LogP contribution in [0.1, 0.15) is 72.9 Å². The van der Waals surface area contributed by atoms with Crippen molar-refractivity contribution < 1.29 is 4.79 Å². The Labute approximate surface area is 247 Å². The van der Waals surface area contributed by atoms with Crippen molar-refractivity contribution in [1.82, 2.24) is 9.80 Å². The number of rotatable bonds is 11. The van der Waals surface area contributed by atoms with E-state index in [1.54, 1.807) is 0 Å². The van der Waals surface area contributed by atoms with Crippen molar-refractivity contribution in [2.24, 2.45) is 5.92 Å². The Balaban J connectivity index is 1.18. The summed E-state index contributed by atoms with van der Waals surface area (Å²) in [5.41, 5.74) is 4.78. The molecule has 4 nitrogen and oxygen atoms in total. The standard InChI is InChI=1S/C37H47N3O/c1-2-3-23-40(30-31-14-7-4-8-15-31)37(41)34-20-13-21-35(29-34)39-27-25-38(26-28-39)24-22-36(32-16-9-5-10-17-32)33-18-11-6-12-19-33/h2-3,5-6,9-13,16-21,29,31,36H,4,7-8,14-15,22-28,30H2,1H3/b3-2+. The summed E-state index contributed by atoms with van der Waals surface area (Å²) >= 11 is 0. The molecular weight excluding hydrogens is 502 g/mol. The van der Waals surface area contributed by atoms with Gasteiger partial charge in [0.1, 0.15) is 0 Å². The van der Waals surface area contributed by atoms with Crippen LogP contribution in [0.4, 0.5) is 5.69 Å². The summed E-state index contributed by atoms with van der Waals surface area (Å²) in [5, 5.41) is 0. The fourth-order valence-corrected chi connectivity index (χ4v) is 6.61. The van der Waals surface area contributed by atoms with Gasteiger partial charge < -0.3 is 9.80 Å². The molecule has 0 unspecified atom stereocenters. The summed E-state index contributed by atoms with van der Waals surface area (Å²) in [6.07, 6.45) is 11.7. The lowest BCUT2D eigenvalue weighted by Gasteiger charge is -2.37. The minimum atomic E-state index is 0.169. The van der Waals surface area contributed by atoms with Crippen molar-refractivity contribution in [3.05, 3.63) is 114 Å². The van der Waals surface area contributed by atoms with Gasteiger partial charge in [-0.3, -0.25) is 9.69 Å². The third kappa shape index (κ3) is 8.10. The number of hydrogen-bond donors (Lipinski definition) is 0. The van der Waals surface area contributed by atoms with Gasteiger partial charge in [-0.1, -0.05) is 98.1 Å². The van der Waals surface area contributed by atoms with Gasteiger partial charge in [-0.15, -0.1) is 0 Å². The van der Waals surface area contributed by atoms with E-state index in [0.29, 0.717) is 18.4 Å². The predicted octanol–water partition coefficient (Wildman–Crippen LogP) is 7.63. The molecule has 1 aliphatic carbocycles. The SMILES string of the molecule is C/C=C/CN(CC1CCCCC1)C(=O)c1cccc(N2CCN(CCC(c3ccccc3)c3ccccc3)CC2)c1. The number of piperazine rings is 1. The Bertz CT molecular complexity index is 1190. The zero-order valence-electron chi connectivity index (χ0n) is 24.8. The van der Waals surface area contributed by atoms with Crippen molar-refractivity contribution in [2.45, 2.75) is 51.4 Å². The van der Waals surface area contributed by atoms with Crippen molar-refractivity contribution in [3.8, 4) is 0 Å². The van der Waals surface area contributed by atoms with Crippen LogP contribution in [0.3, 0.4) is 0 Å². The highest BCUT2D eigenvalue weighted by molar-refractivity contribution is 5.95. The minimum Gasteiger partial charge on any atom is -0.369 e. The van der Waals surface area contributed by atoms with Gasteiger partial charge in [0, 0.05) is 56.4 Å². The fraction of sp³-hybridized carbons (Fsp3) is 0.432. The molecule has 3 aromatic carbocycles. The Hall–Kier alpha value is -3.37. The molecule has 1 saturated heterocycles. The van der Waals surface area contributed by atoms with Crippen LogP contribution in [0.2, 0.25) is 0 Å². The summed E-state index contributed by atoms with van der Waals surface area (Å²) in [6.45, 7) is 8.76. The monoisotopic (exact) mass is 549 g/mol. The van der Waals surface area contributed by atoms with Crippen molar-refractivity contribution in [1.29, 1.82) is 0 Å². The number of nitrogens with zero attached hydrogens (tertiary/aromatic N) is 3. The van der Waals surface area contributed by atoms with Crippen LogP contribution >= 0.6 is 0 Å². The Morgan fingerprint density at radius 2 is 1.51 bits per heavy atom. The van der Waals surface area contributed by atoms with E-state index in [9.17, 15) is 4.79 Å². The molecule has 1 saturated carbocycles. The topological polar surface area (TPSA) is 26.8 Å². The van der Waals surface area contributed by atoms with Crippen LogP contribution in [0.15, 0.2) is 97.1 Å². The van der Waals surface area contributed by atoms with E-state index >= 15 is 0 Å². The summed E-state index contributed by atoms with van der Waals surface area (Å²) in [6, 6.07) is 30.2. The average Bonchev–Trinajstić information content (AvgIpc) is 3.05. The van der Waals surface area contributed by atoms with E-state index in [1.807, 2.05) is 13.0 Å². The molecule has 2 aliphatic rings. The van der Waals surface area contributed by atoms with E-state index in [1.165, 1.54) is 48.9 Å². The second-order valence-electron chi connectivity index (χ2n) is 11.8. The highest BCUT2D eigenvalue weighted by Gasteiger charge is 2.24. The normalized spacial score (nSPS) is 16.9. The van der Waals surface area contributed by atoms with Crippen LogP contribution in [0, 0.1) is 5.92 Å². The second-order valence-corrected chi connectivity index (χ2v) is 11.8. The molecule has 0 N–H and O–H groups in total. The largest absolute Gasteiger partial charge is 0.369 e. The molecule has 1 heterocycles. The van der Waals surface area contributed by atoms with Gasteiger partial charge in [0.05, 0.1) is 0 Å². The predicted molar refractivity (Wildman–Crippen MR) is 172 cm³/mol. The van der Waals surface area contributed by atoms with Crippen LogP contribution in [-0.2, 0) is 0 Å². The van der Waals surface area contributed by atoms with Gasteiger partial charge >= 0.3 is 0 Å². The van der Waals surface area contributed by atoms with Crippen molar-refractivity contribution in [2.75, 3.05) is 50.7 Å². The summed E-state index contributed by atoms with van der Waals surface area (Å²) in [7, 11) is 0. The van der Waals surface area contributed by atoms with E-state index in [4.69, 9.17) is 0 Å². The molecule has 1 aliphatic heterocycles. The molecule has 5 rings (SSSR count). The maximum Gasteiger partial charge on any atom is 0.254 e. The van der Waals surface area contributed by atoms with Crippen LogP contribution in [-0.4, -0.2) is 61.5 Å². The lowest BCUT2D eigenvalue weighted by Crippen LogP contribution is -2.47. The van der Waals surface area contributed by atoms with Gasteiger partial charge in [0.15, 0.2) is 0 Å². The summed E-state index contributed by atoms with van der Waals surface area (Å²) < 4.78 is 0. The quantitative estimate of drug-likeness (QED) is 0.230. The highest BCUT2D eigenvalue weighted by Crippen LogP contribution is 2.29. The zero-order chi connectivity index (χ0) is 28.3. The molecule has 2 fully saturated rings. The number of carbonyl (C=O) groups excluding carboxylic acids is 1. The Morgan fingerprint density at radius 3 is 2.15 bits per heavy atom. The van der Waals surface area contributed by atoms with E-state index in [2.05, 4.69) is 106 Å². The molecule has 1 amide bonds. The number of allylic oxidation sites excluding steroid dienone is 1. The smallest absolute Gasteiger partial charge is 0.254 e. The fourth-order valence-electron chi connectivity index (χ4n) is 6.61. The second kappa shape index (κ2) is 15.0. The first-order valence-electron chi connectivity index (χ1n) is 15.8. The number of benzene rings is 3. The van der Waals surface area contributed by atoms with E-state index in [0.717, 1.165) is 51.3 Å². The van der Waals surface area contributed by atoms with Gasteiger partial charge in [0.25, 0.3) is 5.91 Å². The molecular formula is C37H47N3O. The van der Waals surface area contributed by atoms with Crippen molar-refractivity contribution >= 4 is 11.6 Å².